The van der Waals surface area contributed by atoms with Gasteiger partial charge >= 0.3 is 0 Å². The summed E-state index contributed by atoms with van der Waals surface area (Å²) in [6, 6.07) is 11.9. The number of ether oxygens (including phenoxy) is 1. The van der Waals surface area contributed by atoms with Crippen molar-refractivity contribution in [2.75, 3.05) is 5.32 Å². The van der Waals surface area contributed by atoms with E-state index in [1.54, 1.807) is 31.3 Å². The van der Waals surface area contributed by atoms with Crippen LogP contribution in [0.15, 0.2) is 63.6 Å². The quantitative estimate of drug-likeness (QED) is 0.204. The summed E-state index contributed by atoms with van der Waals surface area (Å²) in [5.74, 6) is 0.0613. The van der Waals surface area contributed by atoms with E-state index in [4.69, 9.17) is 20.8 Å². The van der Waals surface area contributed by atoms with Crippen LogP contribution in [0.25, 0.3) is 0 Å². The number of halogens is 3. The number of rotatable bonds is 8. The van der Waals surface area contributed by atoms with E-state index in [9.17, 15) is 19.3 Å². The first-order valence-electron chi connectivity index (χ1n) is 10.1. The van der Waals surface area contributed by atoms with Gasteiger partial charge in [-0.15, -0.1) is 0 Å². The monoisotopic (exact) mass is 562 g/mol. The summed E-state index contributed by atoms with van der Waals surface area (Å²) >= 11 is 9.40. The number of anilines is 1. The average molecular weight is 564 g/mol. The number of hydrogen-bond acceptors (Lipinski definition) is 6. The zero-order valence-corrected chi connectivity index (χ0v) is 20.5. The second-order valence-corrected chi connectivity index (χ2v) is 8.70. The van der Waals surface area contributed by atoms with Gasteiger partial charge in [-0.3, -0.25) is 19.6 Å². The topological polar surface area (TPSA) is 112 Å². The number of carbonyl (C=O) groups excluding carboxylic acids is 1. The van der Waals surface area contributed by atoms with Gasteiger partial charge in [0.15, 0.2) is 11.6 Å². The Bertz CT molecular complexity index is 1400. The van der Waals surface area contributed by atoms with Crippen molar-refractivity contribution < 1.29 is 23.3 Å². The molecular weight excluding hydrogens is 547 g/mol. The standard InChI is InChI=1S/C23H17BrClFN4O5/c1-13-9-14(5-7-20(13)30(32)33)34-12-15-6-8-21(35-15)23(31)27-22-17(24)11-29(28-22)10-16-18(25)3-2-4-19(16)26/h2-9,11H,10,12H2,1H3,(H,27,28,31). The molecule has 2 heterocycles. The number of aromatic nitrogens is 2. The van der Waals surface area contributed by atoms with Crippen molar-refractivity contribution in [2.24, 2.45) is 0 Å². The van der Waals surface area contributed by atoms with E-state index in [0.29, 0.717) is 21.5 Å². The molecule has 2 aromatic carbocycles. The fourth-order valence-electron chi connectivity index (χ4n) is 3.23. The van der Waals surface area contributed by atoms with E-state index in [1.807, 2.05) is 0 Å². The molecule has 0 aliphatic carbocycles. The lowest BCUT2D eigenvalue weighted by Crippen LogP contribution is -2.12. The predicted molar refractivity (Wildman–Crippen MR) is 129 cm³/mol. The van der Waals surface area contributed by atoms with E-state index in [2.05, 4.69) is 26.3 Å². The van der Waals surface area contributed by atoms with E-state index >= 15 is 0 Å². The Morgan fingerprint density at radius 2 is 2.11 bits per heavy atom. The van der Waals surface area contributed by atoms with Gasteiger partial charge in [0.25, 0.3) is 11.6 Å². The minimum Gasteiger partial charge on any atom is -0.486 e. The number of hydrogen-bond donors (Lipinski definition) is 1. The largest absolute Gasteiger partial charge is 0.486 e. The molecule has 4 rings (SSSR count). The number of benzene rings is 2. The zero-order valence-electron chi connectivity index (χ0n) is 18.1. The highest BCUT2D eigenvalue weighted by Gasteiger charge is 2.17. The van der Waals surface area contributed by atoms with Crippen LogP contribution in [0.2, 0.25) is 5.02 Å². The first kappa shape index (κ1) is 24.4. The third kappa shape index (κ3) is 5.69. The SMILES string of the molecule is Cc1cc(OCc2ccc(C(=O)Nc3nn(Cc4c(F)cccc4Cl)cc3Br)o2)ccc1[N+](=O)[O-]. The number of aryl methyl sites for hydroxylation is 1. The van der Waals surface area contributed by atoms with Gasteiger partial charge < -0.3 is 14.5 Å². The minimum absolute atomic E-state index is 0.0000838. The summed E-state index contributed by atoms with van der Waals surface area (Å²) in [6.07, 6.45) is 1.59. The zero-order chi connectivity index (χ0) is 25.1. The van der Waals surface area contributed by atoms with Crippen LogP contribution in [0.5, 0.6) is 5.75 Å². The Hall–Kier alpha value is -3.70. The van der Waals surface area contributed by atoms with Crippen LogP contribution in [0.3, 0.4) is 0 Å². The molecule has 12 heteroatoms. The number of carbonyl (C=O) groups is 1. The summed E-state index contributed by atoms with van der Waals surface area (Å²) in [5, 5.41) is 18.1. The van der Waals surface area contributed by atoms with Crippen molar-refractivity contribution in [3.05, 3.63) is 103 Å². The first-order valence-corrected chi connectivity index (χ1v) is 11.3. The maximum Gasteiger partial charge on any atom is 0.292 e. The molecule has 0 atom stereocenters. The van der Waals surface area contributed by atoms with Gasteiger partial charge in [0, 0.05) is 28.4 Å². The van der Waals surface area contributed by atoms with Crippen molar-refractivity contribution in [3.63, 3.8) is 0 Å². The van der Waals surface area contributed by atoms with Gasteiger partial charge in [-0.25, -0.2) is 4.39 Å². The van der Waals surface area contributed by atoms with E-state index in [-0.39, 0.29) is 41.0 Å². The second kappa shape index (κ2) is 10.3. The summed E-state index contributed by atoms with van der Waals surface area (Å²) in [5.41, 5.74) is 0.746. The average Bonchev–Trinajstić information content (AvgIpc) is 3.41. The number of nitro benzene ring substituents is 1. The predicted octanol–water partition coefficient (Wildman–Crippen LogP) is 6.13. The third-order valence-electron chi connectivity index (χ3n) is 4.96. The van der Waals surface area contributed by atoms with Gasteiger partial charge in [0.05, 0.1) is 15.9 Å². The highest BCUT2D eigenvalue weighted by molar-refractivity contribution is 9.10. The number of nitrogens with zero attached hydrogens (tertiary/aromatic N) is 3. The number of amides is 1. The molecule has 1 N–H and O–H groups in total. The van der Waals surface area contributed by atoms with Crippen LogP contribution >= 0.6 is 27.5 Å². The third-order valence-corrected chi connectivity index (χ3v) is 5.90. The van der Waals surface area contributed by atoms with Crippen molar-refractivity contribution in [1.29, 1.82) is 0 Å². The lowest BCUT2D eigenvalue weighted by Gasteiger charge is -2.06. The van der Waals surface area contributed by atoms with Crippen LogP contribution in [0, 0.1) is 22.9 Å². The van der Waals surface area contributed by atoms with Crippen molar-refractivity contribution in [3.8, 4) is 5.75 Å². The highest BCUT2D eigenvalue weighted by Crippen LogP contribution is 2.26. The molecule has 0 unspecified atom stereocenters. The van der Waals surface area contributed by atoms with Gasteiger partial charge in [-0.2, -0.15) is 5.10 Å². The Morgan fingerprint density at radius 1 is 1.31 bits per heavy atom. The Balaban J connectivity index is 1.38. The number of furan rings is 1. The van der Waals surface area contributed by atoms with Crippen LogP contribution in [-0.4, -0.2) is 20.6 Å². The maximum atomic E-state index is 14.1. The summed E-state index contributed by atoms with van der Waals surface area (Å²) in [6.45, 7) is 1.71. The molecule has 1 amide bonds. The van der Waals surface area contributed by atoms with E-state index in [0.717, 1.165) is 0 Å². The fourth-order valence-corrected chi connectivity index (χ4v) is 3.87. The van der Waals surface area contributed by atoms with Crippen LogP contribution in [0.4, 0.5) is 15.9 Å². The summed E-state index contributed by atoms with van der Waals surface area (Å²) in [4.78, 5) is 23.1. The Labute approximate surface area is 211 Å². The van der Waals surface area contributed by atoms with Crippen molar-refractivity contribution in [1.82, 2.24) is 9.78 Å². The Morgan fingerprint density at radius 3 is 2.83 bits per heavy atom. The fraction of sp³-hybridized carbons (Fsp3) is 0.130. The van der Waals surface area contributed by atoms with Crippen molar-refractivity contribution in [2.45, 2.75) is 20.1 Å². The molecule has 180 valence electrons. The molecule has 0 saturated heterocycles. The van der Waals surface area contributed by atoms with E-state index < -0.39 is 16.6 Å². The number of nitrogens with one attached hydrogen (secondary N) is 1. The maximum absolute atomic E-state index is 14.1. The number of nitro groups is 1. The molecule has 0 spiro atoms. The molecule has 0 bridgehead atoms. The first-order chi connectivity index (χ1) is 16.7. The highest BCUT2D eigenvalue weighted by atomic mass is 79.9. The van der Waals surface area contributed by atoms with Crippen molar-refractivity contribution >= 4 is 44.9 Å². The molecule has 0 fully saturated rings. The van der Waals surface area contributed by atoms with Gasteiger partial charge in [0.1, 0.15) is 23.9 Å². The smallest absolute Gasteiger partial charge is 0.292 e. The molecule has 35 heavy (non-hydrogen) atoms. The molecule has 2 aromatic heterocycles. The summed E-state index contributed by atoms with van der Waals surface area (Å²) < 4.78 is 27.1. The minimum atomic E-state index is -0.544. The molecule has 0 saturated carbocycles. The molecule has 4 aromatic rings. The summed E-state index contributed by atoms with van der Waals surface area (Å²) in [7, 11) is 0. The molecule has 0 aliphatic heterocycles. The lowest BCUT2D eigenvalue weighted by molar-refractivity contribution is -0.385. The van der Waals surface area contributed by atoms with Crippen LogP contribution < -0.4 is 10.1 Å². The molecule has 0 radical (unpaired) electrons. The van der Waals surface area contributed by atoms with E-state index in [1.165, 1.54) is 35.0 Å². The molecule has 9 nitrogen and oxygen atoms in total. The van der Waals surface area contributed by atoms with Crippen LogP contribution in [-0.2, 0) is 13.2 Å². The van der Waals surface area contributed by atoms with Gasteiger partial charge in [0.2, 0.25) is 0 Å². The van der Waals surface area contributed by atoms with Gasteiger partial charge in [-0.1, -0.05) is 17.7 Å². The Kier molecular flexibility index (Phi) is 7.17. The lowest BCUT2D eigenvalue weighted by atomic mass is 10.2. The normalized spacial score (nSPS) is 10.9. The molecular formula is C23H17BrClFN4O5. The van der Waals surface area contributed by atoms with Crippen LogP contribution in [0.1, 0.15) is 27.4 Å². The van der Waals surface area contributed by atoms with Gasteiger partial charge in [-0.05, 0) is 59.3 Å². The second-order valence-electron chi connectivity index (χ2n) is 7.44. The molecule has 0 aliphatic rings.